The molecule has 9 nitrogen and oxygen atoms in total. The molecule has 3 heterocycles. The van der Waals surface area contributed by atoms with Crippen molar-refractivity contribution in [2.24, 2.45) is 5.73 Å². The second-order valence-electron chi connectivity index (χ2n) is 10.2. The Balaban J connectivity index is 1.43. The van der Waals surface area contributed by atoms with Crippen molar-refractivity contribution in [1.82, 2.24) is 14.7 Å². The number of benzene rings is 2. The van der Waals surface area contributed by atoms with E-state index < -0.39 is 5.91 Å². The number of morpholine rings is 1. The number of nitrogens with two attached hydrogens (primary N) is 1. The summed E-state index contributed by atoms with van der Waals surface area (Å²) in [6.07, 6.45) is 0.486. The molecule has 0 unspecified atom stereocenters. The summed E-state index contributed by atoms with van der Waals surface area (Å²) in [5.74, 6) is -0.168. The van der Waals surface area contributed by atoms with Gasteiger partial charge in [0.1, 0.15) is 11.4 Å². The monoisotopic (exact) mass is 503 g/mol. The molecule has 3 aromatic rings. The number of aromatic nitrogens is 2. The van der Waals surface area contributed by atoms with Crippen LogP contribution < -0.4 is 15.4 Å². The summed E-state index contributed by atoms with van der Waals surface area (Å²) in [6.45, 7) is 9.32. The van der Waals surface area contributed by atoms with Crippen LogP contribution in [0.3, 0.4) is 0 Å². The average Bonchev–Trinajstić information content (AvgIpc) is 3.30. The van der Waals surface area contributed by atoms with Crippen LogP contribution in [-0.4, -0.2) is 73.0 Å². The highest BCUT2D eigenvalue weighted by molar-refractivity contribution is 6.09. The molecule has 1 aromatic heterocycles. The first kappa shape index (κ1) is 25.0. The minimum absolute atomic E-state index is 0.0433. The number of amides is 2. The molecule has 5 rings (SSSR count). The number of carbonyl (C=O) groups excluding carboxylic acids is 2. The van der Waals surface area contributed by atoms with Gasteiger partial charge in [0, 0.05) is 42.8 Å². The Labute approximate surface area is 216 Å². The molecular weight excluding hydrogens is 470 g/mol. The number of ether oxygens (including phenoxy) is 2. The van der Waals surface area contributed by atoms with E-state index in [-0.39, 0.29) is 17.0 Å². The molecule has 0 saturated carbocycles. The topological polar surface area (TPSA) is 103 Å². The first-order chi connectivity index (χ1) is 17.8. The van der Waals surface area contributed by atoms with Crippen LogP contribution in [0.2, 0.25) is 0 Å². The zero-order valence-electron chi connectivity index (χ0n) is 21.6. The van der Waals surface area contributed by atoms with E-state index in [1.54, 1.807) is 36.3 Å². The minimum Gasteiger partial charge on any atom is -0.497 e. The first-order valence-electron chi connectivity index (χ1n) is 12.6. The van der Waals surface area contributed by atoms with Gasteiger partial charge in [-0.05, 0) is 48.4 Å². The highest BCUT2D eigenvalue weighted by Gasteiger charge is 2.35. The Morgan fingerprint density at radius 1 is 1.03 bits per heavy atom. The number of nitrogens with zero attached hydrogens (tertiary/aromatic N) is 4. The quantitative estimate of drug-likeness (QED) is 0.532. The van der Waals surface area contributed by atoms with Gasteiger partial charge in [-0.25, -0.2) is 4.68 Å². The lowest BCUT2D eigenvalue weighted by Crippen LogP contribution is -2.43. The third-order valence-electron chi connectivity index (χ3n) is 7.25. The minimum atomic E-state index is -0.642. The first-order valence-corrected chi connectivity index (χ1v) is 12.6. The lowest BCUT2D eigenvalue weighted by atomic mass is 9.84. The zero-order valence-corrected chi connectivity index (χ0v) is 21.6. The van der Waals surface area contributed by atoms with Gasteiger partial charge in [0.25, 0.3) is 11.8 Å². The number of hydrogen-bond acceptors (Lipinski definition) is 6. The van der Waals surface area contributed by atoms with Crippen molar-refractivity contribution in [3.05, 3.63) is 71.0 Å². The third-order valence-corrected chi connectivity index (χ3v) is 7.25. The summed E-state index contributed by atoms with van der Waals surface area (Å²) in [5, 5.41) is 4.44. The van der Waals surface area contributed by atoms with E-state index in [0.29, 0.717) is 35.7 Å². The number of fused-ring (bicyclic) bond motifs is 1. The molecule has 0 bridgehead atoms. The van der Waals surface area contributed by atoms with Gasteiger partial charge in [0.15, 0.2) is 5.69 Å². The van der Waals surface area contributed by atoms with E-state index in [1.165, 1.54) is 10.2 Å². The van der Waals surface area contributed by atoms with Gasteiger partial charge in [-0.3, -0.25) is 14.5 Å². The molecule has 2 aromatic carbocycles. The van der Waals surface area contributed by atoms with Gasteiger partial charge in [-0.2, -0.15) is 5.10 Å². The van der Waals surface area contributed by atoms with Crippen molar-refractivity contribution in [3.8, 4) is 11.4 Å². The molecule has 1 saturated heterocycles. The van der Waals surface area contributed by atoms with Crippen molar-refractivity contribution >= 4 is 17.5 Å². The van der Waals surface area contributed by atoms with Gasteiger partial charge < -0.3 is 20.1 Å². The third kappa shape index (κ3) is 4.84. The van der Waals surface area contributed by atoms with Crippen molar-refractivity contribution in [2.45, 2.75) is 25.7 Å². The predicted octanol–water partition coefficient (Wildman–Crippen LogP) is 2.79. The summed E-state index contributed by atoms with van der Waals surface area (Å²) in [6, 6.07) is 15.4. The average molecular weight is 504 g/mol. The fourth-order valence-electron chi connectivity index (χ4n) is 5.22. The fraction of sp³-hybridized carbons (Fsp3) is 0.393. The summed E-state index contributed by atoms with van der Waals surface area (Å²) in [4.78, 5) is 30.1. The molecule has 0 atom stereocenters. The molecule has 2 aliphatic rings. The number of hydrogen-bond donors (Lipinski definition) is 1. The van der Waals surface area contributed by atoms with Crippen molar-refractivity contribution in [2.75, 3.05) is 51.4 Å². The van der Waals surface area contributed by atoms with Crippen molar-refractivity contribution in [3.63, 3.8) is 0 Å². The SMILES string of the molecule is COc1ccc(-n2nc(C(N)=O)c3c2C(=O)N(c2ccc(C(C)(C)CN4CCOCC4)cc2)CC3)cc1. The maximum Gasteiger partial charge on any atom is 0.277 e. The molecule has 0 aliphatic carbocycles. The van der Waals surface area contributed by atoms with Crippen LogP contribution >= 0.6 is 0 Å². The van der Waals surface area contributed by atoms with E-state index in [9.17, 15) is 9.59 Å². The van der Waals surface area contributed by atoms with E-state index in [0.717, 1.165) is 38.5 Å². The number of rotatable bonds is 7. The van der Waals surface area contributed by atoms with E-state index in [1.807, 2.05) is 12.1 Å². The highest BCUT2D eigenvalue weighted by Crippen LogP contribution is 2.31. The molecule has 2 amide bonds. The Morgan fingerprint density at radius 3 is 2.30 bits per heavy atom. The van der Waals surface area contributed by atoms with Gasteiger partial charge in [0.05, 0.1) is 26.0 Å². The number of anilines is 1. The molecular formula is C28H33N5O4. The summed E-state index contributed by atoms with van der Waals surface area (Å²) < 4.78 is 12.2. The number of carbonyl (C=O) groups is 2. The van der Waals surface area contributed by atoms with Gasteiger partial charge >= 0.3 is 0 Å². The molecule has 0 spiro atoms. The molecule has 2 aliphatic heterocycles. The summed E-state index contributed by atoms with van der Waals surface area (Å²) in [7, 11) is 1.59. The standard InChI is InChI=1S/C28H33N5O4/c1-28(2,18-31-14-16-37-17-15-31)19-4-6-20(7-5-19)32-13-12-23-24(26(29)34)30-33(25(23)27(32)35)21-8-10-22(36-3)11-9-21/h4-11H,12-18H2,1-3H3,(H2,29,34). The van der Waals surface area contributed by atoms with Gasteiger partial charge in [-0.15, -0.1) is 0 Å². The summed E-state index contributed by atoms with van der Waals surface area (Å²) >= 11 is 0. The molecule has 37 heavy (non-hydrogen) atoms. The lowest BCUT2D eigenvalue weighted by molar-refractivity contribution is 0.0295. The maximum absolute atomic E-state index is 13.8. The largest absolute Gasteiger partial charge is 0.497 e. The van der Waals surface area contributed by atoms with Crippen LogP contribution in [0.15, 0.2) is 48.5 Å². The maximum atomic E-state index is 13.8. The number of methoxy groups -OCH3 is 1. The second-order valence-corrected chi connectivity index (χ2v) is 10.2. The van der Waals surface area contributed by atoms with Gasteiger partial charge in [-0.1, -0.05) is 26.0 Å². The second kappa shape index (κ2) is 9.99. The molecule has 2 N–H and O–H groups in total. The smallest absolute Gasteiger partial charge is 0.277 e. The predicted molar refractivity (Wildman–Crippen MR) is 141 cm³/mol. The Hall–Kier alpha value is -3.69. The van der Waals surface area contributed by atoms with Crippen LogP contribution in [0.4, 0.5) is 5.69 Å². The Kier molecular flexibility index (Phi) is 6.74. The Morgan fingerprint density at radius 2 is 1.68 bits per heavy atom. The zero-order chi connectivity index (χ0) is 26.2. The molecule has 9 heteroatoms. The van der Waals surface area contributed by atoms with Crippen LogP contribution in [-0.2, 0) is 16.6 Å². The van der Waals surface area contributed by atoms with Crippen LogP contribution in [0.5, 0.6) is 5.75 Å². The normalized spacial score (nSPS) is 16.5. The number of primary amides is 1. The van der Waals surface area contributed by atoms with E-state index in [2.05, 4.69) is 36.0 Å². The van der Waals surface area contributed by atoms with Crippen LogP contribution in [0.1, 0.15) is 46.0 Å². The van der Waals surface area contributed by atoms with Gasteiger partial charge in [0.2, 0.25) is 0 Å². The van der Waals surface area contributed by atoms with Crippen LogP contribution in [0.25, 0.3) is 5.69 Å². The summed E-state index contributed by atoms with van der Waals surface area (Å²) in [5.41, 5.74) is 9.35. The van der Waals surface area contributed by atoms with Crippen molar-refractivity contribution < 1.29 is 19.1 Å². The van der Waals surface area contributed by atoms with E-state index in [4.69, 9.17) is 15.2 Å². The molecule has 0 radical (unpaired) electrons. The molecule has 194 valence electrons. The van der Waals surface area contributed by atoms with Crippen molar-refractivity contribution in [1.29, 1.82) is 0 Å². The highest BCUT2D eigenvalue weighted by atomic mass is 16.5. The lowest BCUT2D eigenvalue weighted by Gasteiger charge is -2.35. The van der Waals surface area contributed by atoms with E-state index >= 15 is 0 Å². The van der Waals surface area contributed by atoms with Crippen LogP contribution in [0, 0.1) is 0 Å². The molecule has 1 fully saturated rings. The fourth-order valence-corrected chi connectivity index (χ4v) is 5.22. The Bertz CT molecular complexity index is 1290.